The van der Waals surface area contributed by atoms with Crippen LogP contribution < -0.4 is 10.5 Å². The molecule has 0 atom stereocenters. The molecule has 114 valence electrons. The molecule has 0 amide bonds. The summed E-state index contributed by atoms with van der Waals surface area (Å²) in [6.07, 6.45) is -2.62. The molecule has 0 fully saturated rings. The zero-order valence-electron chi connectivity index (χ0n) is 10.5. The van der Waals surface area contributed by atoms with Gasteiger partial charge in [-0.25, -0.2) is 26.3 Å². The summed E-state index contributed by atoms with van der Waals surface area (Å²) in [5.74, 6) is -0.914. The fourth-order valence-electron chi connectivity index (χ4n) is 1.38. The Morgan fingerprint density at radius 3 is 2.65 bits per heavy atom. The Morgan fingerprint density at radius 2 is 2.05 bits per heavy atom. The summed E-state index contributed by atoms with van der Waals surface area (Å²) in [5.41, 5.74) is 5.81. The van der Waals surface area contributed by atoms with Crippen molar-refractivity contribution in [3.8, 4) is 0 Å². The normalized spacial score (nSPS) is 12.1. The molecule has 0 bridgehead atoms. The monoisotopic (exact) mass is 312 g/mol. The van der Waals surface area contributed by atoms with Gasteiger partial charge in [-0.3, -0.25) is 0 Å². The number of halogens is 3. The summed E-state index contributed by atoms with van der Waals surface area (Å²) in [6.45, 7) is -1.18. The van der Waals surface area contributed by atoms with Crippen molar-refractivity contribution >= 4 is 10.0 Å². The lowest BCUT2D eigenvalue weighted by Gasteiger charge is -2.09. The standard InChI is InChI=1S/C11H15F3N2O3S/c12-9-2-1-8(6-15)5-10(9)20(17,18)16-3-4-19-7-11(13)14/h1-2,5,11,16H,3-4,6-7,15H2. The van der Waals surface area contributed by atoms with Crippen LogP contribution in [0.3, 0.4) is 0 Å². The third-order valence-corrected chi connectivity index (χ3v) is 3.78. The maximum absolute atomic E-state index is 13.5. The van der Waals surface area contributed by atoms with E-state index in [2.05, 4.69) is 9.46 Å². The summed E-state index contributed by atoms with van der Waals surface area (Å²) in [5, 5.41) is 0. The first kappa shape index (κ1) is 16.9. The van der Waals surface area contributed by atoms with E-state index in [1.54, 1.807) is 0 Å². The molecule has 0 radical (unpaired) electrons. The number of alkyl halides is 2. The van der Waals surface area contributed by atoms with Crippen molar-refractivity contribution in [2.75, 3.05) is 19.8 Å². The SMILES string of the molecule is NCc1ccc(F)c(S(=O)(=O)NCCOCC(F)F)c1. The quantitative estimate of drug-likeness (QED) is 0.697. The minimum Gasteiger partial charge on any atom is -0.374 e. The van der Waals surface area contributed by atoms with Gasteiger partial charge in [-0.1, -0.05) is 6.07 Å². The van der Waals surface area contributed by atoms with Crippen molar-refractivity contribution in [2.45, 2.75) is 17.9 Å². The van der Waals surface area contributed by atoms with Crippen LogP contribution in [0.1, 0.15) is 5.56 Å². The molecule has 0 spiro atoms. The Morgan fingerprint density at radius 1 is 1.35 bits per heavy atom. The number of rotatable bonds is 8. The summed E-state index contributed by atoms with van der Waals surface area (Å²) in [4.78, 5) is -0.533. The molecule has 1 aromatic carbocycles. The van der Waals surface area contributed by atoms with Gasteiger partial charge in [0.1, 0.15) is 17.3 Å². The minimum atomic E-state index is -4.07. The maximum atomic E-state index is 13.5. The van der Waals surface area contributed by atoms with Gasteiger partial charge < -0.3 is 10.5 Å². The fourth-order valence-corrected chi connectivity index (χ4v) is 2.52. The molecule has 9 heteroatoms. The Labute approximate surface area is 115 Å². The molecule has 1 rings (SSSR count). The Balaban J connectivity index is 2.64. The van der Waals surface area contributed by atoms with E-state index in [1.807, 2.05) is 0 Å². The first-order valence-corrected chi connectivity index (χ1v) is 7.19. The topological polar surface area (TPSA) is 81.4 Å². The second kappa shape index (κ2) is 7.58. The molecule has 0 aliphatic carbocycles. The number of hydrogen-bond acceptors (Lipinski definition) is 4. The van der Waals surface area contributed by atoms with Gasteiger partial charge in [0.2, 0.25) is 10.0 Å². The van der Waals surface area contributed by atoms with E-state index in [4.69, 9.17) is 5.73 Å². The molecule has 0 aromatic heterocycles. The Bertz CT molecular complexity index is 538. The molecule has 5 nitrogen and oxygen atoms in total. The lowest BCUT2D eigenvalue weighted by atomic mass is 10.2. The van der Waals surface area contributed by atoms with E-state index < -0.39 is 33.8 Å². The average molecular weight is 312 g/mol. The van der Waals surface area contributed by atoms with E-state index in [0.717, 1.165) is 12.1 Å². The molecular formula is C11H15F3N2O3S. The van der Waals surface area contributed by atoms with Crippen LogP contribution in [0.15, 0.2) is 23.1 Å². The maximum Gasteiger partial charge on any atom is 0.261 e. The van der Waals surface area contributed by atoms with Crippen molar-refractivity contribution in [1.82, 2.24) is 4.72 Å². The van der Waals surface area contributed by atoms with Crippen molar-refractivity contribution in [3.63, 3.8) is 0 Å². The fraction of sp³-hybridized carbons (Fsp3) is 0.455. The Kier molecular flexibility index (Phi) is 6.40. The van der Waals surface area contributed by atoms with Gasteiger partial charge in [-0.05, 0) is 17.7 Å². The highest BCUT2D eigenvalue weighted by molar-refractivity contribution is 7.89. The molecule has 0 unspecified atom stereocenters. The molecule has 20 heavy (non-hydrogen) atoms. The van der Waals surface area contributed by atoms with E-state index in [1.165, 1.54) is 6.07 Å². The van der Waals surface area contributed by atoms with Crippen molar-refractivity contribution in [1.29, 1.82) is 0 Å². The molecular weight excluding hydrogens is 297 g/mol. The van der Waals surface area contributed by atoms with Crippen LogP contribution in [-0.4, -0.2) is 34.6 Å². The Hall–Kier alpha value is -1.16. The highest BCUT2D eigenvalue weighted by Gasteiger charge is 2.19. The average Bonchev–Trinajstić information content (AvgIpc) is 2.38. The molecule has 0 aliphatic rings. The molecule has 0 saturated carbocycles. The summed E-state index contributed by atoms with van der Waals surface area (Å²) < 4.78 is 67.3. The smallest absolute Gasteiger partial charge is 0.261 e. The van der Waals surface area contributed by atoms with E-state index >= 15 is 0 Å². The summed E-state index contributed by atoms with van der Waals surface area (Å²) in [7, 11) is -4.07. The molecule has 1 aromatic rings. The first-order chi connectivity index (χ1) is 9.36. The summed E-state index contributed by atoms with van der Waals surface area (Å²) in [6, 6.07) is 3.50. The number of nitrogens with two attached hydrogens (primary N) is 1. The lowest BCUT2D eigenvalue weighted by molar-refractivity contribution is 0.0199. The highest BCUT2D eigenvalue weighted by atomic mass is 32.2. The van der Waals surface area contributed by atoms with Crippen LogP contribution in [-0.2, 0) is 21.3 Å². The molecule has 0 aliphatic heterocycles. The zero-order valence-corrected chi connectivity index (χ0v) is 11.3. The van der Waals surface area contributed by atoms with Gasteiger partial charge in [-0.2, -0.15) is 0 Å². The number of hydrogen-bond donors (Lipinski definition) is 2. The van der Waals surface area contributed by atoms with Crippen LogP contribution in [0.2, 0.25) is 0 Å². The highest BCUT2D eigenvalue weighted by Crippen LogP contribution is 2.16. The largest absolute Gasteiger partial charge is 0.374 e. The van der Waals surface area contributed by atoms with E-state index in [9.17, 15) is 21.6 Å². The van der Waals surface area contributed by atoms with E-state index in [-0.39, 0.29) is 19.7 Å². The molecule has 3 N–H and O–H groups in total. The molecule has 0 saturated heterocycles. The second-order valence-corrected chi connectivity index (χ2v) is 5.57. The van der Waals surface area contributed by atoms with Crippen LogP contribution in [0.4, 0.5) is 13.2 Å². The van der Waals surface area contributed by atoms with Gasteiger partial charge in [-0.15, -0.1) is 0 Å². The predicted octanol–water partition coefficient (Wildman–Crippen LogP) is 0.844. The van der Waals surface area contributed by atoms with E-state index in [0.29, 0.717) is 5.56 Å². The van der Waals surface area contributed by atoms with Crippen LogP contribution in [0, 0.1) is 5.82 Å². The van der Waals surface area contributed by atoms with Gasteiger partial charge in [0.05, 0.1) is 6.61 Å². The van der Waals surface area contributed by atoms with Crippen molar-refractivity contribution in [3.05, 3.63) is 29.6 Å². The molecule has 0 heterocycles. The zero-order chi connectivity index (χ0) is 15.2. The van der Waals surface area contributed by atoms with Gasteiger partial charge >= 0.3 is 0 Å². The van der Waals surface area contributed by atoms with Crippen molar-refractivity contribution in [2.24, 2.45) is 5.73 Å². The second-order valence-electron chi connectivity index (χ2n) is 3.83. The summed E-state index contributed by atoms with van der Waals surface area (Å²) >= 11 is 0. The van der Waals surface area contributed by atoms with Gasteiger partial charge in [0.25, 0.3) is 6.43 Å². The van der Waals surface area contributed by atoms with Crippen LogP contribution in [0.25, 0.3) is 0 Å². The minimum absolute atomic E-state index is 0.0697. The van der Waals surface area contributed by atoms with Gasteiger partial charge in [0, 0.05) is 13.1 Å². The van der Waals surface area contributed by atoms with Crippen molar-refractivity contribution < 1.29 is 26.3 Å². The number of ether oxygens (including phenoxy) is 1. The number of benzene rings is 1. The van der Waals surface area contributed by atoms with Crippen LogP contribution in [0.5, 0.6) is 0 Å². The number of sulfonamides is 1. The number of nitrogens with one attached hydrogen (secondary N) is 1. The first-order valence-electron chi connectivity index (χ1n) is 5.71. The third-order valence-electron chi connectivity index (χ3n) is 2.30. The predicted molar refractivity (Wildman–Crippen MR) is 66.3 cm³/mol. The van der Waals surface area contributed by atoms with Crippen LogP contribution >= 0.6 is 0 Å². The lowest BCUT2D eigenvalue weighted by Crippen LogP contribution is -2.28. The third kappa shape index (κ3) is 5.08. The van der Waals surface area contributed by atoms with Gasteiger partial charge in [0.15, 0.2) is 0 Å².